The van der Waals surface area contributed by atoms with Crippen molar-refractivity contribution in [3.63, 3.8) is 0 Å². The number of rotatable bonds is 7. The van der Waals surface area contributed by atoms with Crippen LogP contribution in [-0.4, -0.2) is 39.5 Å². The quantitative estimate of drug-likeness (QED) is 0.491. The lowest BCUT2D eigenvalue weighted by Crippen LogP contribution is -2.65. The molecule has 2 aliphatic rings. The Bertz CT molecular complexity index is 1230. The number of amides is 2. The summed E-state index contributed by atoms with van der Waals surface area (Å²) in [6.45, 7) is 7.16. The molecule has 7 heteroatoms. The molecular formula is C29H35N3O4. The van der Waals surface area contributed by atoms with Gasteiger partial charge in [0.25, 0.3) is 5.91 Å². The fourth-order valence-electron chi connectivity index (χ4n) is 5.62. The van der Waals surface area contributed by atoms with Crippen molar-refractivity contribution in [3.8, 4) is 17.2 Å². The first-order valence-corrected chi connectivity index (χ1v) is 13.0. The van der Waals surface area contributed by atoms with Crippen LogP contribution in [0, 0.1) is 5.92 Å². The average molecular weight is 490 g/mol. The van der Waals surface area contributed by atoms with Crippen LogP contribution in [0.2, 0.25) is 0 Å². The lowest BCUT2D eigenvalue weighted by Gasteiger charge is -2.45. The number of benzene rings is 1. The van der Waals surface area contributed by atoms with Gasteiger partial charge in [0.1, 0.15) is 22.7 Å². The van der Waals surface area contributed by atoms with E-state index >= 15 is 0 Å². The third-order valence-electron chi connectivity index (χ3n) is 7.80. The van der Waals surface area contributed by atoms with E-state index in [9.17, 15) is 9.59 Å². The Morgan fingerprint density at radius 2 is 1.89 bits per heavy atom. The molecule has 1 saturated carbocycles. The van der Waals surface area contributed by atoms with E-state index in [1.165, 1.54) is 6.42 Å². The molecule has 1 N–H and O–H groups in total. The average Bonchev–Trinajstić information content (AvgIpc) is 3.54. The number of ether oxygens (including phenoxy) is 1. The molecule has 3 atom stereocenters. The minimum Gasteiger partial charge on any atom is -0.494 e. The Labute approximate surface area is 212 Å². The molecule has 0 unspecified atom stereocenters. The second-order valence-electron chi connectivity index (χ2n) is 10.2. The van der Waals surface area contributed by atoms with Crippen molar-refractivity contribution in [1.29, 1.82) is 0 Å². The number of furan rings is 1. The van der Waals surface area contributed by atoms with Gasteiger partial charge in [-0.3, -0.25) is 9.59 Å². The minimum absolute atomic E-state index is 0.117. The number of nitrogens with zero attached hydrogens (tertiary/aromatic N) is 2. The molecule has 1 aliphatic heterocycles. The van der Waals surface area contributed by atoms with Crippen molar-refractivity contribution in [3.05, 3.63) is 66.1 Å². The van der Waals surface area contributed by atoms with Crippen LogP contribution in [0.1, 0.15) is 62.5 Å². The number of hydrogen-bond acceptors (Lipinski definition) is 4. The molecule has 0 saturated heterocycles. The molecule has 0 radical (unpaired) electrons. The fraction of sp³-hybridized carbons (Fsp3) is 0.448. The van der Waals surface area contributed by atoms with Crippen molar-refractivity contribution in [2.24, 2.45) is 5.92 Å². The molecule has 3 aromatic rings. The highest BCUT2D eigenvalue weighted by Crippen LogP contribution is 2.36. The molecule has 7 nitrogen and oxygen atoms in total. The molecule has 36 heavy (non-hydrogen) atoms. The van der Waals surface area contributed by atoms with Gasteiger partial charge < -0.3 is 23.9 Å². The van der Waals surface area contributed by atoms with Gasteiger partial charge in [-0.15, -0.1) is 0 Å². The van der Waals surface area contributed by atoms with E-state index in [4.69, 9.17) is 9.15 Å². The van der Waals surface area contributed by atoms with E-state index in [0.717, 1.165) is 36.3 Å². The van der Waals surface area contributed by atoms with Gasteiger partial charge in [0.15, 0.2) is 0 Å². The standard InChI is InChI=1S/C29H35N3O4/c1-4-35-25-13-8-6-11-21(25)18-32-27(33)24-16-15-23(26-14-9-17-36-26)31(24)19-29(32,3)28(34)30-22-12-7-5-10-20(22)2/h6,8-9,11,13-17,20,22H,4-5,7,10,12,18-19H2,1-3H3,(H,30,34)/t20-,22+,29+/m0/s1. The topological polar surface area (TPSA) is 76.7 Å². The van der Waals surface area contributed by atoms with Crippen LogP contribution in [0.3, 0.4) is 0 Å². The van der Waals surface area contributed by atoms with Gasteiger partial charge >= 0.3 is 0 Å². The molecule has 190 valence electrons. The van der Waals surface area contributed by atoms with Crippen LogP contribution in [0.15, 0.2) is 59.2 Å². The number of hydrogen-bond donors (Lipinski definition) is 1. The molecular weight excluding hydrogens is 454 g/mol. The van der Waals surface area contributed by atoms with Crippen LogP contribution in [-0.2, 0) is 17.9 Å². The molecule has 3 heterocycles. The number of carbonyl (C=O) groups is 2. The van der Waals surface area contributed by atoms with Crippen LogP contribution in [0.4, 0.5) is 0 Å². The molecule has 1 aromatic carbocycles. The molecule has 5 rings (SSSR count). The smallest absolute Gasteiger partial charge is 0.271 e. The number of aromatic nitrogens is 1. The molecule has 2 aromatic heterocycles. The van der Waals surface area contributed by atoms with Crippen molar-refractivity contribution in [1.82, 2.24) is 14.8 Å². The number of para-hydroxylation sites is 1. The summed E-state index contributed by atoms with van der Waals surface area (Å²) >= 11 is 0. The zero-order valence-electron chi connectivity index (χ0n) is 21.3. The first-order chi connectivity index (χ1) is 17.4. The van der Waals surface area contributed by atoms with Crippen molar-refractivity contribution < 1.29 is 18.7 Å². The maximum Gasteiger partial charge on any atom is 0.271 e. The van der Waals surface area contributed by atoms with Gasteiger partial charge in [-0.2, -0.15) is 0 Å². The molecule has 1 aliphatic carbocycles. The van der Waals surface area contributed by atoms with Crippen molar-refractivity contribution in [2.45, 2.75) is 71.1 Å². The Morgan fingerprint density at radius 1 is 1.11 bits per heavy atom. The normalized spacial score (nSPS) is 23.9. The first-order valence-electron chi connectivity index (χ1n) is 13.0. The molecule has 0 spiro atoms. The van der Waals surface area contributed by atoms with E-state index in [-0.39, 0.29) is 24.4 Å². The summed E-state index contributed by atoms with van der Waals surface area (Å²) in [5.41, 5.74) is 1.12. The molecule has 1 fully saturated rings. The Hall–Kier alpha value is -3.48. The zero-order chi connectivity index (χ0) is 25.3. The summed E-state index contributed by atoms with van der Waals surface area (Å²) in [6, 6.07) is 15.3. The van der Waals surface area contributed by atoms with Gasteiger partial charge in [-0.1, -0.05) is 38.0 Å². The number of nitrogens with one attached hydrogen (secondary N) is 1. The van der Waals surface area contributed by atoms with Crippen LogP contribution in [0.25, 0.3) is 11.5 Å². The van der Waals surface area contributed by atoms with E-state index in [1.807, 2.05) is 66.9 Å². The van der Waals surface area contributed by atoms with Crippen LogP contribution < -0.4 is 10.1 Å². The highest BCUT2D eigenvalue weighted by atomic mass is 16.5. The predicted molar refractivity (Wildman–Crippen MR) is 138 cm³/mol. The summed E-state index contributed by atoms with van der Waals surface area (Å²) < 4.78 is 13.4. The van der Waals surface area contributed by atoms with E-state index in [1.54, 1.807) is 11.2 Å². The van der Waals surface area contributed by atoms with Gasteiger partial charge in [0.05, 0.1) is 31.7 Å². The maximum absolute atomic E-state index is 14.0. The molecule has 0 bridgehead atoms. The second kappa shape index (κ2) is 9.88. The Kier molecular flexibility index (Phi) is 6.65. The van der Waals surface area contributed by atoms with Crippen LogP contribution in [0.5, 0.6) is 5.75 Å². The monoisotopic (exact) mass is 489 g/mol. The van der Waals surface area contributed by atoms with Gasteiger partial charge in [0.2, 0.25) is 5.91 Å². The van der Waals surface area contributed by atoms with Crippen molar-refractivity contribution >= 4 is 11.8 Å². The lowest BCUT2D eigenvalue weighted by atomic mass is 9.85. The van der Waals surface area contributed by atoms with Crippen LogP contribution >= 0.6 is 0 Å². The largest absolute Gasteiger partial charge is 0.494 e. The highest BCUT2D eigenvalue weighted by Gasteiger charge is 2.48. The van der Waals surface area contributed by atoms with Crippen molar-refractivity contribution in [2.75, 3.05) is 6.61 Å². The third kappa shape index (κ3) is 4.31. The third-order valence-corrected chi connectivity index (χ3v) is 7.80. The maximum atomic E-state index is 14.0. The van der Waals surface area contributed by atoms with E-state index in [0.29, 0.717) is 30.5 Å². The minimum atomic E-state index is -1.10. The summed E-state index contributed by atoms with van der Waals surface area (Å²) in [7, 11) is 0. The highest BCUT2D eigenvalue weighted by molar-refractivity contribution is 6.00. The number of fused-ring (bicyclic) bond motifs is 1. The van der Waals surface area contributed by atoms with Gasteiger partial charge in [-0.05, 0) is 62.9 Å². The second-order valence-corrected chi connectivity index (χ2v) is 10.2. The predicted octanol–water partition coefficient (Wildman–Crippen LogP) is 5.26. The number of carbonyl (C=O) groups excluding carboxylic acids is 2. The zero-order valence-corrected chi connectivity index (χ0v) is 21.3. The summed E-state index contributed by atoms with van der Waals surface area (Å²) in [5.74, 6) is 1.52. The van der Waals surface area contributed by atoms with E-state index in [2.05, 4.69) is 12.2 Å². The lowest BCUT2D eigenvalue weighted by molar-refractivity contribution is -0.134. The summed E-state index contributed by atoms with van der Waals surface area (Å²) in [4.78, 5) is 29.8. The summed E-state index contributed by atoms with van der Waals surface area (Å²) in [6.07, 6.45) is 6.00. The Balaban J connectivity index is 1.54. The molecule has 2 amide bonds. The van der Waals surface area contributed by atoms with Gasteiger partial charge in [0, 0.05) is 11.6 Å². The fourth-order valence-corrected chi connectivity index (χ4v) is 5.62. The Morgan fingerprint density at radius 3 is 2.64 bits per heavy atom. The SMILES string of the molecule is CCOc1ccccc1CN1C(=O)c2ccc(-c3ccco3)n2C[C@]1(C)C(=O)N[C@@H]1CCCC[C@@H]1C. The summed E-state index contributed by atoms with van der Waals surface area (Å²) in [5, 5.41) is 3.33. The first kappa shape index (κ1) is 24.2. The van der Waals surface area contributed by atoms with E-state index < -0.39 is 5.54 Å². The van der Waals surface area contributed by atoms with Gasteiger partial charge in [-0.25, -0.2) is 0 Å².